The van der Waals surface area contributed by atoms with Crippen LogP contribution in [0.5, 0.6) is 5.75 Å². The Morgan fingerprint density at radius 2 is 1.77 bits per heavy atom. The fraction of sp³-hybridized carbons (Fsp3) is 0.0588. The second-order valence-corrected chi connectivity index (χ2v) is 5.47. The van der Waals surface area contributed by atoms with E-state index in [1.165, 1.54) is 0 Å². The molecule has 0 atom stereocenters. The minimum atomic E-state index is 0.633. The molecule has 0 spiro atoms. The van der Waals surface area contributed by atoms with Crippen LogP contribution in [0.25, 0.3) is 16.6 Å². The Morgan fingerprint density at radius 1 is 1.05 bits per heavy atom. The highest BCUT2D eigenvalue weighted by molar-refractivity contribution is 9.10. The van der Waals surface area contributed by atoms with E-state index < -0.39 is 0 Å². The topological polar surface area (TPSA) is 40.1 Å². The SMILES string of the molecule is COc1ccc(-c2cnc([N-][n+]3ccccc3)c(Br)c2)cc1. The molecule has 1 aromatic carbocycles. The zero-order valence-electron chi connectivity index (χ0n) is 12.0. The second kappa shape index (κ2) is 6.58. The van der Waals surface area contributed by atoms with E-state index in [9.17, 15) is 0 Å². The number of nitrogens with zero attached hydrogens (tertiary/aromatic N) is 3. The van der Waals surface area contributed by atoms with Crippen LogP contribution in [-0.4, -0.2) is 12.1 Å². The number of pyridine rings is 2. The third kappa shape index (κ3) is 3.26. The van der Waals surface area contributed by atoms with Gasteiger partial charge in [-0.3, -0.25) is 0 Å². The highest BCUT2D eigenvalue weighted by atomic mass is 79.9. The molecule has 0 saturated carbocycles. The lowest BCUT2D eigenvalue weighted by atomic mass is 10.1. The van der Waals surface area contributed by atoms with Gasteiger partial charge in [0.2, 0.25) is 0 Å². The summed E-state index contributed by atoms with van der Waals surface area (Å²) in [4.78, 5) is 4.43. The van der Waals surface area contributed by atoms with E-state index in [0.717, 1.165) is 21.3 Å². The molecule has 0 aliphatic heterocycles. The third-order valence-corrected chi connectivity index (χ3v) is 3.74. The van der Waals surface area contributed by atoms with Crippen molar-refractivity contribution in [2.24, 2.45) is 0 Å². The number of aromatic nitrogens is 2. The Hall–Kier alpha value is -2.40. The maximum atomic E-state index is 5.17. The lowest BCUT2D eigenvalue weighted by Gasteiger charge is -2.13. The van der Waals surface area contributed by atoms with E-state index in [4.69, 9.17) is 4.74 Å². The summed E-state index contributed by atoms with van der Waals surface area (Å²) in [5, 5.41) is 0. The van der Waals surface area contributed by atoms with Crippen LogP contribution in [0.3, 0.4) is 0 Å². The summed E-state index contributed by atoms with van der Waals surface area (Å²) in [6.07, 6.45) is 5.55. The van der Waals surface area contributed by atoms with Crippen molar-refractivity contribution in [1.29, 1.82) is 0 Å². The van der Waals surface area contributed by atoms with Gasteiger partial charge >= 0.3 is 0 Å². The first-order valence-corrected chi connectivity index (χ1v) is 7.54. The Balaban J connectivity index is 1.85. The van der Waals surface area contributed by atoms with Crippen LogP contribution in [0, 0.1) is 0 Å². The molecule has 110 valence electrons. The molecule has 0 fully saturated rings. The number of hydrogen-bond donors (Lipinski definition) is 0. The predicted molar refractivity (Wildman–Crippen MR) is 89.0 cm³/mol. The van der Waals surface area contributed by atoms with Crippen LogP contribution in [0.4, 0.5) is 5.82 Å². The largest absolute Gasteiger partial charge is 0.497 e. The molecule has 3 aromatic rings. The minimum Gasteiger partial charge on any atom is -0.497 e. The summed E-state index contributed by atoms with van der Waals surface area (Å²) < 4.78 is 7.74. The molecule has 0 amide bonds. The summed E-state index contributed by atoms with van der Waals surface area (Å²) >= 11 is 3.54. The second-order valence-electron chi connectivity index (χ2n) is 4.61. The van der Waals surface area contributed by atoms with Crippen LogP contribution < -0.4 is 9.41 Å². The highest BCUT2D eigenvalue weighted by Crippen LogP contribution is 2.30. The Morgan fingerprint density at radius 3 is 2.41 bits per heavy atom. The molecule has 4 nitrogen and oxygen atoms in total. The summed E-state index contributed by atoms with van der Waals surface area (Å²) in [5.74, 6) is 1.47. The number of benzene rings is 1. The van der Waals surface area contributed by atoms with Gasteiger partial charge in [-0.05, 0) is 29.3 Å². The molecular formula is C17H14BrN3O. The van der Waals surface area contributed by atoms with Crippen LogP contribution in [-0.2, 0) is 0 Å². The predicted octanol–water partition coefficient (Wildman–Crippen LogP) is 4.28. The molecule has 22 heavy (non-hydrogen) atoms. The van der Waals surface area contributed by atoms with Crippen molar-refractivity contribution in [3.05, 3.63) is 77.0 Å². The van der Waals surface area contributed by atoms with Gasteiger partial charge in [-0.25, -0.2) is 0 Å². The monoisotopic (exact) mass is 355 g/mol. The van der Waals surface area contributed by atoms with Gasteiger partial charge < -0.3 is 9.72 Å². The smallest absolute Gasteiger partial charge is 0.182 e. The van der Waals surface area contributed by atoms with Gasteiger partial charge in [0.05, 0.1) is 7.11 Å². The summed E-state index contributed by atoms with van der Waals surface area (Å²) in [7, 11) is 1.66. The zero-order valence-corrected chi connectivity index (χ0v) is 13.6. The first-order valence-electron chi connectivity index (χ1n) is 6.74. The van der Waals surface area contributed by atoms with Crippen molar-refractivity contribution in [1.82, 2.24) is 4.98 Å². The first kappa shape index (κ1) is 14.5. The van der Waals surface area contributed by atoms with Crippen molar-refractivity contribution in [2.45, 2.75) is 0 Å². The van der Waals surface area contributed by atoms with Gasteiger partial charge in [0.15, 0.2) is 12.4 Å². The van der Waals surface area contributed by atoms with Crippen molar-refractivity contribution >= 4 is 21.7 Å². The number of hydrogen-bond acceptors (Lipinski definition) is 2. The van der Waals surface area contributed by atoms with E-state index in [1.807, 2.05) is 67.1 Å². The quantitative estimate of drug-likeness (QED) is 0.655. The van der Waals surface area contributed by atoms with Crippen LogP contribution in [0.15, 0.2) is 71.6 Å². The average molecular weight is 356 g/mol. The summed E-state index contributed by atoms with van der Waals surface area (Å²) in [6, 6.07) is 15.7. The normalized spacial score (nSPS) is 10.3. The van der Waals surface area contributed by atoms with Crippen LogP contribution in [0.2, 0.25) is 0 Å². The lowest BCUT2D eigenvalue weighted by Crippen LogP contribution is -2.26. The molecule has 2 aromatic heterocycles. The molecule has 0 bridgehead atoms. The fourth-order valence-electron chi connectivity index (χ4n) is 2.01. The van der Waals surface area contributed by atoms with Gasteiger partial charge in [0.1, 0.15) is 5.75 Å². The van der Waals surface area contributed by atoms with Crippen LogP contribution in [0.1, 0.15) is 0 Å². The van der Waals surface area contributed by atoms with E-state index in [2.05, 4.69) is 26.3 Å². The van der Waals surface area contributed by atoms with E-state index >= 15 is 0 Å². The molecule has 2 heterocycles. The first-order chi connectivity index (χ1) is 10.8. The maximum absolute atomic E-state index is 5.17. The minimum absolute atomic E-state index is 0.633. The molecule has 3 rings (SSSR count). The van der Waals surface area contributed by atoms with Crippen molar-refractivity contribution in [2.75, 3.05) is 7.11 Å². The van der Waals surface area contributed by atoms with E-state index in [1.54, 1.807) is 11.8 Å². The van der Waals surface area contributed by atoms with Crippen molar-refractivity contribution in [3.63, 3.8) is 0 Å². The highest BCUT2D eigenvalue weighted by Gasteiger charge is 2.02. The number of methoxy groups -OCH3 is 1. The van der Waals surface area contributed by atoms with Gasteiger partial charge in [0.25, 0.3) is 0 Å². The molecule has 0 aliphatic rings. The number of ether oxygens (including phenoxy) is 1. The standard InChI is InChI=1S/C17H14BrN3O/c1-22-15-7-5-13(6-8-15)14-11-16(18)17(19-12-14)20-21-9-3-2-4-10-21/h2-12H,1H3. The number of rotatable bonds is 4. The maximum Gasteiger partial charge on any atom is 0.182 e. The third-order valence-electron chi connectivity index (χ3n) is 3.16. The van der Waals surface area contributed by atoms with Crippen molar-refractivity contribution in [3.8, 4) is 16.9 Å². The summed E-state index contributed by atoms with van der Waals surface area (Å²) in [5.41, 5.74) is 6.54. The molecule has 5 heteroatoms. The molecule has 0 radical (unpaired) electrons. The molecule has 0 N–H and O–H groups in total. The van der Waals surface area contributed by atoms with Crippen molar-refractivity contribution < 1.29 is 9.41 Å². The summed E-state index contributed by atoms with van der Waals surface area (Å²) in [6.45, 7) is 0. The Labute approximate surface area is 137 Å². The number of halogens is 1. The molecule has 0 unspecified atom stereocenters. The fourth-order valence-corrected chi connectivity index (χ4v) is 2.44. The Bertz CT molecular complexity index is 761. The van der Waals surface area contributed by atoms with Crippen LogP contribution >= 0.6 is 15.9 Å². The van der Waals surface area contributed by atoms with E-state index in [0.29, 0.717) is 5.82 Å². The van der Waals surface area contributed by atoms with Gasteiger partial charge in [0, 0.05) is 22.4 Å². The lowest BCUT2D eigenvalue weighted by molar-refractivity contribution is -0.619. The zero-order chi connectivity index (χ0) is 15.4. The Kier molecular flexibility index (Phi) is 4.34. The molecule has 0 saturated heterocycles. The van der Waals surface area contributed by atoms with Gasteiger partial charge in [-0.1, -0.05) is 40.3 Å². The van der Waals surface area contributed by atoms with E-state index in [-0.39, 0.29) is 0 Å². The molecule has 0 aliphatic carbocycles. The van der Waals surface area contributed by atoms with Gasteiger partial charge in [-0.2, -0.15) is 10.1 Å². The molecular weight excluding hydrogens is 342 g/mol. The van der Waals surface area contributed by atoms with Gasteiger partial charge in [-0.15, -0.1) is 0 Å². The average Bonchev–Trinajstić information content (AvgIpc) is 2.58.